The van der Waals surface area contributed by atoms with Crippen molar-refractivity contribution in [2.75, 3.05) is 13.2 Å². The second-order valence-electron chi connectivity index (χ2n) is 17.8. The summed E-state index contributed by atoms with van der Waals surface area (Å²) in [5.41, 5.74) is 0. The van der Waals surface area contributed by atoms with Crippen molar-refractivity contribution < 1.29 is 50.0 Å². The van der Waals surface area contributed by atoms with Gasteiger partial charge < -0.3 is 50.5 Å². The summed E-state index contributed by atoms with van der Waals surface area (Å²) in [4.78, 5) is 13.1. The summed E-state index contributed by atoms with van der Waals surface area (Å²) in [6.07, 6.45) is 24.3. The van der Waals surface area contributed by atoms with Crippen LogP contribution in [-0.4, -0.2) is 110 Å². The molecule has 1 heterocycles. The summed E-state index contributed by atoms with van der Waals surface area (Å²) in [5, 5.41) is 75.7. The Morgan fingerprint density at radius 2 is 1.00 bits per heavy atom. The lowest BCUT2D eigenvalue weighted by Gasteiger charge is -2.40. The molecule has 58 heavy (non-hydrogen) atoms. The number of aliphatic hydroxyl groups is 7. The highest BCUT2D eigenvalue weighted by Crippen LogP contribution is 2.23. The highest BCUT2D eigenvalue weighted by Gasteiger charge is 2.44. The first-order valence-electron chi connectivity index (χ1n) is 24.3. The third-order valence-corrected chi connectivity index (χ3v) is 12.3. The van der Waals surface area contributed by atoms with Crippen LogP contribution in [0.4, 0.5) is 0 Å². The van der Waals surface area contributed by atoms with Crippen LogP contribution in [0, 0.1) is 5.92 Å². The molecule has 1 aliphatic heterocycles. The average Bonchev–Trinajstić information content (AvgIpc) is 3.21. The van der Waals surface area contributed by atoms with Crippen LogP contribution in [0.5, 0.6) is 0 Å². The molecule has 0 aromatic carbocycles. The molecule has 11 heteroatoms. The highest BCUT2D eigenvalue weighted by atomic mass is 16.7. The van der Waals surface area contributed by atoms with Gasteiger partial charge in [0.2, 0.25) is 5.91 Å². The van der Waals surface area contributed by atoms with Gasteiger partial charge in [0, 0.05) is 0 Å². The molecule has 0 aromatic rings. The molecular formula is C47H93NO10. The summed E-state index contributed by atoms with van der Waals surface area (Å²) in [5.74, 6) is 0.118. The number of nitrogens with one attached hydrogen (secondary N) is 1. The molecular weight excluding hydrogens is 739 g/mol. The second-order valence-corrected chi connectivity index (χ2v) is 17.8. The number of amides is 1. The fourth-order valence-corrected chi connectivity index (χ4v) is 8.26. The van der Waals surface area contributed by atoms with E-state index in [1.165, 1.54) is 135 Å². The number of carbonyl (C=O) groups is 1. The van der Waals surface area contributed by atoms with Gasteiger partial charge in [0.05, 0.1) is 25.4 Å². The van der Waals surface area contributed by atoms with Gasteiger partial charge in [-0.3, -0.25) is 4.79 Å². The fourth-order valence-electron chi connectivity index (χ4n) is 8.26. The van der Waals surface area contributed by atoms with Gasteiger partial charge >= 0.3 is 0 Å². The molecule has 0 aromatic heterocycles. The zero-order valence-electron chi connectivity index (χ0n) is 37.5. The number of ether oxygens (including phenoxy) is 2. The first-order valence-corrected chi connectivity index (χ1v) is 24.3. The molecule has 0 saturated carbocycles. The minimum absolute atomic E-state index is 0.265. The van der Waals surface area contributed by atoms with Crippen molar-refractivity contribution >= 4 is 5.91 Å². The Kier molecular flexibility index (Phi) is 34.9. The van der Waals surface area contributed by atoms with Gasteiger partial charge in [0.1, 0.15) is 36.6 Å². The maximum absolute atomic E-state index is 13.1. The molecule has 1 fully saturated rings. The molecule has 1 amide bonds. The van der Waals surface area contributed by atoms with Crippen LogP contribution in [0.25, 0.3) is 0 Å². The predicted molar refractivity (Wildman–Crippen MR) is 233 cm³/mol. The van der Waals surface area contributed by atoms with Crippen molar-refractivity contribution in [1.29, 1.82) is 0 Å². The van der Waals surface area contributed by atoms with Crippen molar-refractivity contribution in [3.8, 4) is 0 Å². The average molecular weight is 832 g/mol. The van der Waals surface area contributed by atoms with Crippen molar-refractivity contribution in [1.82, 2.24) is 5.32 Å². The molecule has 1 unspecified atom stereocenters. The van der Waals surface area contributed by atoms with Gasteiger partial charge in [-0.05, 0) is 18.8 Å². The van der Waals surface area contributed by atoms with Crippen LogP contribution in [0.1, 0.15) is 220 Å². The molecule has 0 aliphatic carbocycles. The highest BCUT2D eigenvalue weighted by molar-refractivity contribution is 5.80. The van der Waals surface area contributed by atoms with E-state index < -0.39 is 74.2 Å². The smallest absolute Gasteiger partial charge is 0.249 e. The monoisotopic (exact) mass is 832 g/mol. The Morgan fingerprint density at radius 1 is 0.569 bits per heavy atom. The summed E-state index contributed by atoms with van der Waals surface area (Å²) in [6, 6.07) is -1.16. The number of hydrogen-bond donors (Lipinski definition) is 8. The minimum Gasteiger partial charge on any atom is -0.394 e. The molecule has 10 atom stereocenters. The number of hydrogen-bond acceptors (Lipinski definition) is 10. The van der Waals surface area contributed by atoms with Gasteiger partial charge in [-0.25, -0.2) is 0 Å². The Morgan fingerprint density at radius 3 is 1.45 bits per heavy atom. The zero-order chi connectivity index (χ0) is 42.8. The molecule has 8 N–H and O–H groups in total. The van der Waals surface area contributed by atoms with Gasteiger partial charge in [0.25, 0.3) is 0 Å². The van der Waals surface area contributed by atoms with E-state index in [9.17, 15) is 40.5 Å². The third kappa shape index (κ3) is 26.4. The molecule has 11 nitrogen and oxygen atoms in total. The van der Waals surface area contributed by atoms with Gasteiger partial charge in [-0.15, -0.1) is 0 Å². The van der Waals surface area contributed by atoms with Crippen LogP contribution in [0.2, 0.25) is 0 Å². The van der Waals surface area contributed by atoms with E-state index in [-0.39, 0.29) is 6.42 Å². The van der Waals surface area contributed by atoms with Crippen molar-refractivity contribution in [3.05, 3.63) is 0 Å². The van der Waals surface area contributed by atoms with Gasteiger partial charge in [-0.2, -0.15) is 0 Å². The van der Waals surface area contributed by atoms with E-state index in [4.69, 9.17) is 9.47 Å². The maximum atomic E-state index is 13.1. The molecule has 346 valence electrons. The minimum atomic E-state index is -1.66. The fraction of sp³-hybridized carbons (Fsp3) is 0.979. The van der Waals surface area contributed by atoms with Crippen LogP contribution in [0.3, 0.4) is 0 Å². The summed E-state index contributed by atoms with van der Waals surface area (Å²) in [6.45, 7) is 5.79. The molecule has 1 rings (SSSR count). The topological polar surface area (TPSA) is 189 Å². The van der Waals surface area contributed by atoms with Crippen LogP contribution in [-0.2, 0) is 14.3 Å². The largest absolute Gasteiger partial charge is 0.394 e. The van der Waals surface area contributed by atoms with Crippen LogP contribution < -0.4 is 5.32 Å². The first kappa shape index (κ1) is 55.1. The van der Waals surface area contributed by atoms with Crippen LogP contribution in [0.15, 0.2) is 0 Å². The predicted octanol–water partition coefficient (Wildman–Crippen LogP) is 8.14. The van der Waals surface area contributed by atoms with E-state index in [2.05, 4.69) is 26.1 Å². The van der Waals surface area contributed by atoms with E-state index >= 15 is 0 Å². The Labute approximate surface area is 354 Å². The van der Waals surface area contributed by atoms with Crippen molar-refractivity contribution in [2.45, 2.75) is 275 Å². The van der Waals surface area contributed by atoms with E-state index in [1.807, 2.05) is 0 Å². The summed E-state index contributed by atoms with van der Waals surface area (Å²) < 4.78 is 11.1. The number of rotatable bonds is 40. The standard InChI is InChI=1S/C47H93NO10/c1-4-6-7-8-9-10-11-12-13-14-15-16-17-18-19-24-27-30-34-40(51)46(56)48-38(36-57-47-45(55)44(54)43(53)41(35-49)58-47)42(52)39(50)33-29-26-23-21-20-22-25-28-32-37(3)31-5-2/h37-45,47,49-55H,4-36H2,1-3H3,(H,48,56)/t37?,38-,39+,40+,41+,42-,43+,44-,45+,47+/m0/s1. The lowest BCUT2D eigenvalue weighted by molar-refractivity contribution is -0.303. The summed E-state index contributed by atoms with van der Waals surface area (Å²) in [7, 11) is 0. The Hall–Kier alpha value is -0.890. The number of carbonyl (C=O) groups excluding carboxylic acids is 1. The van der Waals surface area contributed by atoms with E-state index in [1.54, 1.807) is 0 Å². The van der Waals surface area contributed by atoms with Crippen LogP contribution >= 0.6 is 0 Å². The SMILES string of the molecule is CCCCCCCCCCCCCCCCCCCC[C@@H](O)C(=O)N[C@@H](CO[C@@H]1O[C@H](CO)[C@@H](O)[C@H](O)[C@H]1O)[C@H](O)[C@H](O)CCCCCCCCCCC(C)CCC. The number of aliphatic hydroxyl groups excluding tert-OH is 7. The molecule has 0 radical (unpaired) electrons. The number of unbranched alkanes of at least 4 members (excludes halogenated alkanes) is 24. The summed E-state index contributed by atoms with van der Waals surface area (Å²) >= 11 is 0. The Balaban J connectivity index is 2.42. The lowest BCUT2D eigenvalue weighted by Crippen LogP contribution is -2.60. The molecule has 0 bridgehead atoms. The van der Waals surface area contributed by atoms with Crippen molar-refractivity contribution in [3.63, 3.8) is 0 Å². The quantitative estimate of drug-likeness (QED) is 0.0280. The Bertz CT molecular complexity index is 928. The third-order valence-electron chi connectivity index (χ3n) is 12.3. The normalized spacial score (nSPS) is 22.4. The first-order chi connectivity index (χ1) is 28.1. The second kappa shape index (κ2) is 36.7. The van der Waals surface area contributed by atoms with Gasteiger partial charge in [0.15, 0.2) is 6.29 Å². The molecule has 1 aliphatic rings. The van der Waals surface area contributed by atoms with Crippen molar-refractivity contribution in [2.24, 2.45) is 5.92 Å². The lowest BCUT2D eigenvalue weighted by atomic mass is 9.97. The molecule has 1 saturated heterocycles. The van der Waals surface area contributed by atoms with Gasteiger partial charge in [-0.1, -0.05) is 207 Å². The van der Waals surface area contributed by atoms with E-state index in [0.717, 1.165) is 44.4 Å². The maximum Gasteiger partial charge on any atom is 0.249 e. The van der Waals surface area contributed by atoms with E-state index in [0.29, 0.717) is 19.3 Å². The zero-order valence-corrected chi connectivity index (χ0v) is 37.5. The molecule has 0 spiro atoms.